The second kappa shape index (κ2) is 8.87. The summed E-state index contributed by atoms with van der Waals surface area (Å²) in [5, 5.41) is 20.5. The number of carbonyl (C=O) groups excluding carboxylic acids is 1. The lowest BCUT2D eigenvalue weighted by Crippen LogP contribution is -2.51. The van der Waals surface area contributed by atoms with Crippen molar-refractivity contribution in [2.75, 3.05) is 18.4 Å². The van der Waals surface area contributed by atoms with Crippen LogP contribution in [0.2, 0.25) is 0 Å². The van der Waals surface area contributed by atoms with Crippen LogP contribution in [-0.4, -0.2) is 59.9 Å². The van der Waals surface area contributed by atoms with Gasteiger partial charge in [0, 0.05) is 18.8 Å². The van der Waals surface area contributed by atoms with Gasteiger partial charge in [-0.1, -0.05) is 6.92 Å². The number of nitrogens with one attached hydrogen (secondary N) is 1. The molecule has 1 fully saturated rings. The Morgan fingerprint density at radius 2 is 2.00 bits per heavy atom. The first-order chi connectivity index (χ1) is 15.1. The number of aromatic nitrogens is 6. The molecule has 1 saturated heterocycles. The second-order valence-corrected chi connectivity index (χ2v) is 7.61. The Morgan fingerprint density at radius 3 is 2.71 bits per heavy atom. The van der Waals surface area contributed by atoms with E-state index < -0.39 is 0 Å². The third kappa shape index (κ3) is 4.35. The number of piperidine rings is 1. The molecule has 10 heteroatoms. The van der Waals surface area contributed by atoms with E-state index in [2.05, 4.69) is 37.4 Å². The topological polar surface area (TPSA) is 126 Å². The highest BCUT2D eigenvalue weighted by Crippen LogP contribution is 2.26. The third-order valence-electron chi connectivity index (χ3n) is 5.48. The number of nitriles is 1. The molecule has 0 saturated carbocycles. The summed E-state index contributed by atoms with van der Waals surface area (Å²) < 4.78 is 0. The van der Waals surface area contributed by atoms with E-state index in [9.17, 15) is 4.79 Å². The lowest BCUT2D eigenvalue weighted by Gasteiger charge is -2.40. The zero-order chi connectivity index (χ0) is 21.8. The Bertz CT molecular complexity index is 1090. The number of hydrogen-bond donors (Lipinski definition) is 1. The Morgan fingerprint density at radius 1 is 1.26 bits per heavy atom. The number of rotatable bonds is 5. The highest BCUT2D eigenvalue weighted by molar-refractivity contribution is 5.96. The summed E-state index contributed by atoms with van der Waals surface area (Å²) in [5.41, 5.74) is 2.05. The molecule has 1 N–H and O–H groups in total. The summed E-state index contributed by atoms with van der Waals surface area (Å²) >= 11 is 0. The molecule has 0 bridgehead atoms. The summed E-state index contributed by atoms with van der Waals surface area (Å²) in [5.74, 6) is 0.578. The van der Waals surface area contributed by atoms with Crippen LogP contribution in [0.5, 0.6) is 0 Å². The fraction of sp³-hybridized carbons (Fsp3) is 0.381. The van der Waals surface area contributed by atoms with Gasteiger partial charge in [0.05, 0.1) is 36.4 Å². The normalized spacial score (nSPS) is 18.4. The van der Waals surface area contributed by atoms with Crippen molar-refractivity contribution in [1.29, 1.82) is 5.26 Å². The minimum atomic E-state index is -0.143. The number of carbonyl (C=O) groups is 1. The van der Waals surface area contributed by atoms with Gasteiger partial charge in [-0.15, -0.1) is 4.80 Å². The molecule has 4 rings (SSSR count). The Labute approximate surface area is 180 Å². The molecule has 1 aliphatic heterocycles. The second-order valence-electron chi connectivity index (χ2n) is 7.61. The molecule has 2 atom stereocenters. The largest absolute Gasteiger partial charge is 0.352 e. The number of aryl methyl sites for hydroxylation is 1. The predicted molar refractivity (Wildman–Crippen MR) is 112 cm³/mol. The molecule has 1 amide bonds. The van der Waals surface area contributed by atoms with Gasteiger partial charge in [-0.05, 0) is 37.8 Å². The maximum absolute atomic E-state index is 13.6. The van der Waals surface area contributed by atoms with Gasteiger partial charge in [-0.25, -0.2) is 15.0 Å². The van der Waals surface area contributed by atoms with Crippen molar-refractivity contribution in [3.8, 4) is 11.8 Å². The molecule has 0 spiro atoms. The first kappa shape index (κ1) is 20.4. The van der Waals surface area contributed by atoms with Gasteiger partial charge >= 0.3 is 0 Å². The van der Waals surface area contributed by atoms with Crippen LogP contribution >= 0.6 is 0 Å². The SMILES string of the molecule is Cc1ccc(-n2nccn2)c(C(=O)N2CCC[C@@H](C)C2CNc2ncc(C#N)cn2)n1. The van der Waals surface area contributed by atoms with Crippen LogP contribution in [0.1, 0.15) is 41.5 Å². The minimum absolute atomic E-state index is 0.0544. The van der Waals surface area contributed by atoms with Gasteiger partial charge in [-0.3, -0.25) is 4.79 Å². The predicted octanol–water partition coefficient (Wildman–Crippen LogP) is 1.99. The number of likely N-dealkylation sites (tertiary alicyclic amines) is 1. The lowest BCUT2D eigenvalue weighted by atomic mass is 9.90. The third-order valence-corrected chi connectivity index (χ3v) is 5.48. The fourth-order valence-electron chi connectivity index (χ4n) is 3.83. The number of nitrogens with zero attached hydrogens (tertiary/aromatic N) is 8. The quantitative estimate of drug-likeness (QED) is 0.668. The number of amides is 1. The molecule has 3 aromatic heterocycles. The van der Waals surface area contributed by atoms with E-state index in [1.807, 2.05) is 30.0 Å². The van der Waals surface area contributed by atoms with E-state index in [1.54, 1.807) is 12.4 Å². The number of anilines is 1. The highest BCUT2D eigenvalue weighted by atomic mass is 16.2. The molecule has 0 radical (unpaired) electrons. The van der Waals surface area contributed by atoms with Crippen LogP contribution in [0.25, 0.3) is 5.69 Å². The summed E-state index contributed by atoms with van der Waals surface area (Å²) in [7, 11) is 0. The highest BCUT2D eigenvalue weighted by Gasteiger charge is 2.34. The maximum atomic E-state index is 13.6. The summed E-state index contributed by atoms with van der Waals surface area (Å²) in [6.45, 7) is 5.15. The summed E-state index contributed by atoms with van der Waals surface area (Å²) in [6, 6.07) is 5.61. The van der Waals surface area contributed by atoms with Crippen molar-refractivity contribution in [1.82, 2.24) is 34.8 Å². The van der Waals surface area contributed by atoms with Crippen LogP contribution in [0, 0.1) is 24.2 Å². The van der Waals surface area contributed by atoms with Crippen molar-refractivity contribution in [3.63, 3.8) is 0 Å². The molecule has 3 aromatic rings. The zero-order valence-corrected chi connectivity index (χ0v) is 17.4. The Balaban J connectivity index is 1.58. The van der Waals surface area contributed by atoms with Crippen molar-refractivity contribution in [2.24, 2.45) is 5.92 Å². The first-order valence-electron chi connectivity index (χ1n) is 10.2. The lowest BCUT2D eigenvalue weighted by molar-refractivity contribution is 0.0533. The number of pyridine rings is 1. The zero-order valence-electron chi connectivity index (χ0n) is 17.4. The minimum Gasteiger partial charge on any atom is -0.352 e. The van der Waals surface area contributed by atoms with Crippen molar-refractivity contribution >= 4 is 11.9 Å². The van der Waals surface area contributed by atoms with Crippen LogP contribution in [0.4, 0.5) is 5.95 Å². The van der Waals surface area contributed by atoms with Gasteiger partial charge in [0.2, 0.25) is 5.95 Å². The molecule has 10 nitrogen and oxygen atoms in total. The standard InChI is InChI=1S/C21H23N9O/c1-14-4-3-9-29(18(14)13-25-21-23-11-16(10-22)12-24-21)20(31)19-17(6-5-15(2)28-19)30-26-7-8-27-30/h5-8,11-12,14,18H,3-4,9,13H2,1-2H3,(H,23,24,25)/t14-,18?/m1/s1. The van der Waals surface area contributed by atoms with E-state index in [0.29, 0.717) is 41.9 Å². The van der Waals surface area contributed by atoms with Crippen molar-refractivity contribution < 1.29 is 4.79 Å². The average Bonchev–Trinajstić information content (AvgIpc) is 3.32. The van der Waals surface area contributed by atoms with Crippen LogP contribution in [0.3, 0.4) is 0 Å². The molecule has 1 unspecified atom stereocenters. The van der Waals surface area contributed by atoms with Crippen LogP contribution < -0.4 is 5.32 Å². The van der Waals surface area contributed by atoms with E-state index in [4.69, 9.17) is 5.26 Å². The smallest absolute Gasteiger partial charge is 0.275 e. The molecular weight excluding hydrogens is 394 g/mol. The molecule has 158 valence electrons. The summed E-state index contributed by atoms with van der Waals surface area (Å²) in [4.78, 5) is 29.8. The van der Waals surface area contributed by atoms with Gasteiger partial charge in [0.25, 0.3) is 5.91 Å². The molecular formula is C21H23N9O. The van der Waals surface area contributed by atoms with E-state index in [1.165, 1.54) is 17.2 Å². The number of hydrogen-bond acceptors (Lipinski definition) is 8. The molecule has 31 heavy (non-hydrogen) atoms. The molecule has 0 aliphatic carbocycles. The van der Waals surface area contributed by atoms with E-state index in [0.717, 1.165) is 18.5 Å². The van der Waals surface area contributed by atoms with Crippen LogP contribution in [0.15, 0.2) is 36.9 Å². The molecule has 4 heterocycles. The van der Waals surface area contributed by atoms with E-state index in [-0.39, 0.29) is 11.9 Å². The van der Waals surface area contributed by atoms with Crippen molar-refractivity contribution in [3.05, 3.63) is 53.9 Å². The van der Waals surface area contributed by atoms with Gasteiger partial charge in [0.15, 0.2) is 5.69 Å². The molecule has 0 aromatic carbocycles. The van der Waals surface area contributed by atoms with Crippen molar-refractivity contribution in [2.45, 2.75) is 32.7 Å². The van der Waals surface area contributed by atoms with E-state index >= 15 is 0 Å². The molecule has 1 aliphatic rings. The first-order valence-corrected chi connectivity index (χ1v) is 10.2. The summed E-state index contributed by atoms with van der Waals surface area (Å²) in [6.07, 6.45) is 8.05. The average molecular weight is 417 g/mol. The van der Waals surface area contributed by atoms with Gasteiger partial charge in [-0.2, -0.15) is 15.5 Å². The Kier molecular flexibility index (Phi) is 5.84. The van der Waals surface area contributed by atoms with Gasteiger partial charge in [0.1, 0.15) is 11.8 Å². The van der Waals surface area contributed by atoms with Gasteiger partial charge < -0.3 is 10.2 Å². The Hall–Kier alpha value is -3.87. The monoisotopic (exact) mass is 417 g/mol. The van der Waals surface area contributed by atoms with Crippen LogP contribution in [-0.2, 0) is 0 Å². The maximum Gasteiger partial charge on any atom is 0.275 e. The fourth-order valence-corrected chi connectivity index (χ4v) is 3.83.